The van der Waals surface area contributed by atoms with Gasteiger partial charge in [-0.25, -0.2) is 0 Å². The van der Waals surface area contributed by atoms with E-state index in [2.05, 4.69) is 27.7 Å². The number of ether oxygens (including phenoxy) is 2. The van der Waals surface area contributed by atoms with Crippen LogP contribution >= 0.6 is 0 Å². The molecule has 0 bridgehead atoms. The smallest absolute Gasteiger partial charge is 0.226 e. The Kier molecular flexibility index (Phi) is 7.20. The van der Waals surface area contributed by atoms with Crippen LogP contribution in [0.25, 0.3) is 0 Å². The van der Waals surface area contributed by atoms with Crippen molar-refractivity contribution >= 4 is 12.1 Å². The molecule has 0 amide bonds. The third-order valence-electron chi connectivity index (χ3n) is 4.31. The van der Waals surface area contributed by atoms with E-state index in [1.165, 1.54) is 0 Å². The molecule has 22 heavy (non-hydrogen) atoms. The Morgan fingerprint density at radius 3 is 2.14 bits per heavy atom. The van der Waals surface area contributed by atoms with Gasteiger partial charge in [-0.3, -0.25) is 9.59 Å². The Hall–Kier alpha value is -0.740. The van der Waals surface area contributed by atoms with E-state index < -0.39 is 17.5 Å². The zero-order valence-electron chi connectivity index (χ0n) is 14.9. The summed E-state index contributed by atoms with van der Waals surface area (Å²) >= 11 is 0. The first kappa shape index (κ1) is 19.3. The lowest BCUT2D eigenvalue weighted by molar-refractivity contribution is -0.254. The average molecular weight is 312 g/mol. The summed E-state index contributed by atoms with van der Waals surface area (Å²) < 4.78 is 12.2. The zero-order valence-corrected chi connectivity index (χ0v) is 14.9. The zero-order chi connectivity index (χ0) is 16.9. The molecule has 0 saturated carbocycles. The molecule has 1 aliphatic rings. The summed E-state index contributed by atoms with van der Waals surface area (Å²) in [5.74, 6) is 0.592. The predicted octanol–water partition coefficient (Wildman–Crippen LogP) is 3.56. The number of hydrogen-bond donors (Lipinski definition) is 0. The Labute approximate surface area is 134 Å². The van der Waals surface area contributed by atoms with Crippen LogP contribution < -0.4 is 0 Å². The van der Waals surface area contributed by atoms with Gasteiger partial charge < -0.3 is 9.47 Å². The number of Topliss-reactive ketones (excluding diaryl/α,β-unsaturated/α-hetero) is 1. The molecule has 1 aliphatic heterocycles. The van der Waals surface area contributed by atoms with Gasteiger partial charge in [0.05, 0.1) is 17.8 Å². The standard InChI is InChI=1S/C18H32O4/c1-12(2)7-9-15-17(14(20)11-19)21-16(10-8-13(3)4)18(5,6)22-15/h11-13,15-17H,7-10H2,1-6H3. The van der Waals surface area contributed by atoms with E-state index in [9.17, 15) is 9.59 Å². The van der Waals surface area contributed by atoms with E-state index >= 15 is 0 Å². The van der Waals surface area contributed by atoms with Crippen molar-refractivity contribution in [2.45, 2.75) is 91.1 Å². The number of aldehydes is 1. The molecule has 1 rings (SSSR count). The molecular formula is C18H32O4. The molecule has 1 saturated heterocycles. The first-order chi connectivity index (χ1) is 10.2. The lowest BCUT2D eigenvalue weighted by atomic mass is 9.89. The van der Waals surface area contributed by atoms with Gasteiger partial charge in [-0.15, -0.1) is 0 Å². The summed E-state index contributed by atoms with van der Waals surface area (Å²) in [5, 5.41) is 0. The van der Waals surface area contributed by atoms with E-state index in [1.54, 1.807) is 0 Å². The fourth-order valence-corrected chi connectivity index (χ4v) is 2.88. The maximum absolute atomic E-state index is 11.9. The molecule has 128 valence electrons. The fourth-order valence-electron chi connectivity index (χ4n) is 2.88. The number of ketones is 1. The Bertz CT molecular complexity index is 373. The molecule has 0 spiro atoms. The number of rotatable bonds is 8. The third kappa shape index (κ3) is 5.47. The maximum atomic E-state index is 11.9. The van der Waals surface area contributed by atoms with Gasteiger partial charge in [0.1, 0.15) is 6.10 Å². The molecule has 1 fully saturated rings. The summed E-state index contributed by atoms with van der Waals surface area (Å²) in [6.07, 6.45) is 2.67. The van der Waals surface area contributed by atoms with Crippen molar-refractivity contribution in [1.82, 2.24) is 0 Å². The first-order valence-electron chi connectivity index (χ1n) is 8.49. The van der Waals surface area contributed by atoms with E-state index in [4.69, 9.17) is 9.47 Å². The van der Waals surface area contributed by atoms with Crippen LogP contribution in [0.15, 0.2) is 0 Å². The first-order valence-corrected chi connectivity index (χ1v) is 8.49. The van der Waals surface area contributed by atoms with Gasteiger partial charge in [0.15, 0.2) is 6.29 Å². The largest absolute Gasteiger partial charge is 0.366 e. The second-order valence-electron chi connectivity index (χ2n) is 7.77. The summed E-state index contributed by atoms with van der Waals surface area (Å²) in [4.78, 5) is 22.9. The van der Waals surface area contributed by atoms with Gasteiger partial charge in [-0.05, 0) is 51.4 Å². The molecule has 0 aromatic carbocycles. The van der Waals surface area contributed by atoms with E-state index in [0.717, 1.165) is 25.7 Å². The molecule has 3 atom stereocenters. The summed E-state index contributed by atoms with van der Waals surface area (Å²) in [7, 11) is 0. The van der Waals surface area contributed by atoms with Crippen LogP contribution in [-0.4, -0.2) is 36.0 Å². The fraction of sp³-hybridized carbons (Fsp3) is 0.889. The van der Waals surface area contributed by atoms with Gasteiger partial charge in [0.2, 0.25) is 5.78 Å². The summed E-state index contributed by atoms with van der Waals surface area (Å²) in [6, 6.07) is 0. The summed E-state index contributed by atoms with van der Waals surface area (Å²) in [6.45, 7) is 12.6. The highest BCUT2D eigenvalue weighted by Gasteiger charge is 2.45. The summed E-state index contributed by atoms with van der Waals surface area (Å²) in [5.41, 5.74) is -0.434. The molecule has 0 aromatic rings. The van der Waals surface area contributed by atoms with E-state index in [0.29, 0.717) is 18.1 Å². The lowest BCUT2D eigenvalue weighted by Crippen LogP contribution is -2.57. The van der Waals surface area contributed by atoms with Gasteiger partial charge in [-0.2, -0.15) is 0 Å². The number of carbonyl (C=O) groups excluding carboxylic acids is 2. The lowest BCUT2D eigenvalue weighted by Gasteiger charge is -2.46. The van der Waals surface area contributed by atoms with E-state index in [-0.39, 0.29) is 12.2 Å². The van der Waals surface area contributed by atoms with Crippen molar-refractivity contribution in [1.29, 1.82) is 0 Å². The Balaban J connectivity index is 2.83. The average Bonchev–Trinajstić information content (AvgIpc) is 2.42. The van der Waals surface area contributed by atoms with Crippen LogP contribution in [0.5, 0.6) is 0 Å². The SMILES string of the molecule is CC(C)CCC1OC(C)(C)C(CCC(C)C)OC1C(=O)C=O. The number of carbonyl (C=O) groups is 2. The quantitative estimate of drug-likeness (QED) is 0.508. The van der Waals surface area contributed by atoms with Crippen LogP contribution in [0.1, 0.15) is 67.2 Å². The van der Waals surface area contributed by atoms with Crippen LogP contribution in [0.4, 0.5) is 0 Å². The molecular weight excluding hydrogens is 280 g/mol. The van der Waals surface area contributed by atoms with Crippen LogP contribution in [-0.2, 0) is 19.1 Å². The third-order valence-corrected chi connectivity index (χ3v) is 4.31. The van der Waals surface area contributed by atoms with Gasteiger partial charge in [0, 0.05) is 0 Å². The van der Waals surface area contributed by atoms with Crippen molar-refractivity contribution in [2.75, 3.05) is 0 Å². The highest BCUT2D eigenvalue weighted by Crippen LogP contribution is 2.34. The van der Waals surface area contributed by atoms with Crippen molar-refractivity contribution in [3.05, 3.63) is 0 Å². The van der Waals surface area contributed by atoms with Crippen LogP contribution in [0.2, 0.25) is 0 Å². The van der Waals surface area contributed by atoms with Gasteiger partial charge >= 0.3 is 0 Å². The second kappa shape index (κ2) is 8.21. The van der Waals surface area contributed by atoms with Gasteiger partial charge in [0.25, 0.3) is 0 Å². The Morgan fingerprint density at radius 1 is 1.09 bits per heavy atom. The molecule has 4 heteroatoms. The van der Waals surface area contributed by atoms with Crippen molar-refractivity contribution in [3.8, 4) is 0 Å². The minimum absolute atomic E-state index is 0.154. The van der Waals surface area contributed by atoms with Crippen molar-refractivity contribution in [2.24, 2.45) is 11.8 Å². The van der Waals surface area contributed by atoms with Crippen LogP contribution in [0.3, 0.4) is 0 Å². The molecule has 0 aromatic heterocycles. The molecule has 0 aliphatic carbocycles. The molecule has 0 N–H and O–H groups in total. The number of hydrogen-bond acceptors (Lipinski definition) is 4. The molecule has 4 nitrogen and oxygen atoms in total. The Morgan fingerprint density at radius 2 is 1.64 bits per heavy atom. The van der Waals surface area contributed by atoms with Crippen molar-refractivity contribution in [3.63, 3.8) is 0 Å². The predicted molar refractivity (Wildman–Crippen MR) is 86.8 cm³/mol. The van der Waals surface area contributed by atoms with E-state index in [1.807, 2.05) is 13.8 Å². The second-order valence-corrected chi connectivity index (χ2v) is 7.77. The van der Waals surface area contributed by atoms with Crippen LogP contribution in [0, 0.1) is 11.8 Å². The topological polar surface area (TPSA) is 52.6 Å². The minimum atomic E-state index is -0.749. The molecule has 1 heterocycles. The van der Waals surface area contributed by atoms with Gasteiger partial charge in [-0.1, -0.05) is 27.7 Å². The molecule has 0 radical (unpaired) electrons. The normalized spacial score (nSPS) is 28.1. The minimum Gasteiger partial charge on any atom is -0.366 e. The van der Waals surface area contributed by atoms with Crippen molar-refractivity contribution < 1.29 is 19.1 Å². The molecule has 3 unspecified atom stereocenters. The monoisotopic (exact) mass is 312 g/mol. The maximum Gasteiger partial charge on any atom is 0.226 e. The highest BCUT2D eigenvalue weighted by atomic mass is 16.6. The highest BCUT2D eigenvalue weighted by molar-refractivity contribution is 6.27.